The molecule has 0 spiro atoms. The van der Waals surface area contributed by atoms with Crippen LogP contribution in [0.5, 0.6) is 0 Å². The zero-order valence-corrected chi connectivity index (χ0v) is 13.4. The van der Waals surface area contributed by atoms with Gasteiger partial charge in [0.2, 0.25) is 0 Å². The molecule has 4 atom stereocenters. The van der Waals surface area contributed by atoms with Crippen molar-refractivity contribution in [2.24, 2.45) is 11.8 Å². The summed E-state index contributed by atoms with van der Waals surface area (Å²) in [5, 5.41) is 3.83. The summed E-state index contributed by atoms with van der Waals surface area (Å²) in [6, 6.07) is 1.45. The van der Waals surface area contributed by atoms with Gasteiger partial charge in [0.1, 0.15) is 0 Å². The molecule has 2 rings (SSSR count). The SMILES string of the molecule is C[C@@H]1CC[C@H](NC[C@@H](C)N2CCN(C)CC2)C[C@H]1C. The van der Waals surface area contributed by atoms with Gasteiger partial charge in [0.05, 0.1) is 0 Å². The number of hydrogen-bond acceptors (Lipinski definition) is 3. The quantitative estimate of drug-likeness (QED) is 0.841. The maximum Gasteiger partial charge on any atom is 0.0193 e. The first-order chi connectivity index (χ1) is 9.06. The van der Waals surface area contributed by atoms with E-state index in [1.165, 1.54) is 45.4 Å². The molecule has 3 nitrogen and oxygen atoms in total. The van der Waals surface area contributed by atoms with Crippen molar-refractivity contribution < 1.29 is 0 Å². The maximum atomic E-state index is 3.83. The highest BCUT2D eigenvalue weighted by Gasteiger charge is 2.25. The lowest BCUT2D eigenvalue weighted by atomic mass is 9.79. The van der Waals surface area contributed by atoms with E-state index in [2.05, 4.69) is 42.9 Å². The zero-order chi connectivity index (χ0) is 13.8. The Bertz CT molecular complexity index is 261. The van der Waals surface area contributed by atoms with E-state index in [1.807, 2.05) is 0 Å². The standard InChI is InChI=1S/C16H33N3/c1-13-5-6-16(11-14(13)2)17-12-15(3)19-9-7-18(4)8-10-19/h13-17H,5-12H2,1-4H3/t13-,14-,15-,16+/m1/s1. The monoisotopic (exact) mass is 267 g/mol. The van der Waals surface area contributed by atoms with Gasteiger partial charge in [-0.05, 0) is 45.1 Å². The second-order valence-electron chi connectivity index (χ2n) is 7.06. The minimum Gasteiger partial charge on any atom is -0.312 e. The number of nitrogens with one attached hydrogen (secondary N) is 1. The first kappa shape index (κ1) is 15.3. The summed E-state index contributed by atoms with van der Waals surface area (Å²) in [7, 11) is 2.23. The molecule has 0 aromatic heterocycles. The molecule has 1 aliphatic carbocycles. The third-order valence-corrected chi connectivity index (χ3v) is 5.46. The van der Waals surface area contributed by atoms with Gasteiger partial charge in [-0.15, -0.1) is 0 Å². The van der Waals surface area contributed by atoms with Gasteiger partial charge in [0.15, 0.2) is 0 Å². The molecular weight excluding hydrogens is 234 g/mol. The van der Waals surface area contributed by atoms with Crippen molar-refractivity contribution >= 4 is 0 Å². The van der Waals surface area contributed by atoms with Crippen molar-refractivity contribution in [1.29, 1.82) is 0 Å². The summed E-state index contributed by atoms with van der Waals surface area (Å²) in [5.41, 5.74) is 0. The largest absolute Gasteiger partial charge is 0.312 e. The smallest absolute Gasteiger partial charge is 0.0193 e. The number of hydrogen-bond donors (Lipinski definition) is 1. The average Bonchev–Trinajstić information content (AvgIpc) is 2.40. The summed E-state index contributed by atoms with van der Waals surface area (Å²) >= 11 is 0. The Hall–Kier alpha value is -0.120. The summed E-state index contributed by atoms with van der Waals surface area (Å²) < 4.78 is 0. The fraction of sp³-hybridized carbons (Fsp3) is 1.00. The van der Waals surface area contributed by atoms with Crippen LogP contribution in [0.25, 0.3) is 0 Å². The van der Waals surface area contributed by atoms with Crippen molar-refractivity contribution in [3.63, 3.8) is 0 Å². The molecule has 1 saturated heterocycles. The van der Waals surface area contributed by atoms with Gasteiger partial charge < -0.3 is 10.2 Å². The second kappa shape index (κ2) is 7.05. The van der Waals surface area contributed by atoms with Crippen LogP contribution in [0, 0.1) is 11.8 Å². The van der Waals surface area contributed by atoms with Crippen LogP contribution in [0.3, 0.4) is 0 Å². The van der Waals surface area contributed by atoms with Gasteiger partial charge in [-0.2, -0.15) is 0 Å². The molecule has 112 valence electrons. The Balaban J connectivity index is 1.67. The molecule has 1 heterocycles. The Kier molecular flexibility index (Phi) is 5.67. The van der Waals surface area contributed by atoms with Crippen LogP contribution in [0.15, 0.2) is 0 Å². The third kappa shape index (κ3) is 4.44. The predicted molar refractivity (Wildman–Crippen MR) is 82.5 cm³/mol. The summed E-state index contributed by atoms with van der Waals surface area (Å²) in [6.07, 6.45) is 4.15. The molecule has 1 N–H and O–H groups in total. The molecule has 0 radical (unpaired) electrons. The predicted octanol–water partition coefficient (Wildman–Crippen LogP) is 2.04. The van der Waals surface area contributed by atoms with Crippen molar-refractivity contribution in [3.05, 3.63) is 0 Å². The number of rotatable bonds is 4. The lowest BCUT2D eigenvalue weighted by molar-refractivity contribution is 0.113. The van der Waals surface area contributed by atoms with Crippen LogP contribution in [-0.2, 0) is 0 Å². The highest BCUT2D eigenvalue weighted by atomic mass is 15.3. The van der Waals surface area contributed by atoms with Gasteiger partial charge in [-0.25, -0.2) is 0 Å². The first-order valence-electron chi connectivity index (χ1n) is 8.22. The molecule has 19 heavy (non-hydrogen) atoms. The lowest BCUT2D eigenvalue weighted by Crippen LogP contribution is -2.52. The van der Waals surface area contributed by atoms with Crippen LogP contribution < -0.4 is 5.32 Å². The molecule has 0 amide bonds. The Labute approximate surface area is 119 Å². The molecule has 3 heteroatoms. The van der Waals surface area contributed by atoms with Crippen molar-refractivity contribution in [1.82, 2.24) is 15.1 Å². The molecule has 0 aromatic rings. The minimum absolute atomic E-state index is 0.684. The average molecular weight is 267 g/mol. The van der Waals surface area contributed by atoms with Gasteiger partial charge in [0.25, 0.3) is 0 Å². The molecular formula is C16H33N3. The van der Waals surface area contributed by atoms with E-state index in [1.54, 1.807) is 0 Å². The molecule has 0 bridgehead atoms. The van der Waals surface area contributed by atoms with E-state index in [9.17, 15) is 0 Å². The summed E-state index contributed by atoms with van der Waals surface area (Å²) in [6.45, 7) is 13.3. The van der Waals surface area contributed by atoms with Gasteiger partial charge in [-0.3, -0.25) is 4.90 Å². The second-order valence-corrected chi connectivity index (χ2v) is 7.06. The third-order valence-electron chi connectivity index (χ3n) is 5.46. The zero-order valence-electron chi connectivity index (χ0n) is 13.4. The molecule has 2 aliphatic rings. The lowest BCUT2D eigenvalue weighted by Gasteiger charge is -2.38. The number of piperazine rings is 1. The Morgan fingerprint density at radius 1 is 1.05 bits per heavy atom. The van der Waals surface area contributed by atoms with Crippen LogP contribution in [0.2, 0.25) is 0 Å². The summed E-state index contributed by atoms with van der Waals surface area (Å²) in [5.74, 6) is 1.82. The highest BCUT2D eigenvalue weighted by molar-refractivity contribution is 4.82. The van der Waals surface area contributed by atoms with E-state index in [4.69, 9.17) is 0 Å². The molecule has 2 fully saturated rings. The van der Waals surface area contributed by atoms with E-state index < -0.39 is 0 Å². The molecule has 0 aromatic carbocycles. The van der Waals surface area contributed by atoms with E-state index >= 15 is 0 Å². The van der Waals surface area contributed by atoms with Gasteiger partial charge >= 0.3 is 0 Å². The Morgan fingerprint density at radius 2 is 1.74 bits per heavy atom. The molecule has 0 unspecified atom stereocenters. The van der Waals surface area contributed by atoms with Crippen molar-refractivity contribution in [3.8, 4) is 0 Å². The Morgan fingerprint density at radius 3 is 2.37 bits per heavy atom. The first-order valence-corrected chi connectivity index (χ1v) is 8.22. The van der Waals surface area contributed by atoms with Crippen molar-refractivity contribution in [2.75, 3.05) is 39.8 Å². The van der Waals surface area contributed by atoms with Crippen LogP contribution in [0.1, 0.15) is 40.0 Å². The fourth-order valence-corrected chi connectivity index (χ4v) is 3.46. The van der Waals surface area contributed by atoms with E-state index in [0.717, 1.165) is 24.4 Å². The van der Waals surface area contributed by atoms with E-state index in [-0.39, 0.29) is 0 Å². The van der Waals surface area contributed by atoms with Crippen LogP contribution in [0.4, 0.5) is 0 Å². The normalized spacial score (nSPS) is 36.3. The van der Waals surface area contributed by atoms with E-state index in [0.29, 0.717) is 6.04 Å². The van der Waals surface area contributed by atoms with Gasteiger partial charge in [0, 0.05) is 44.8 Å². The molecule has 1 saturated carbocycles. The highest BCUT2D eigenvalue weighted by Crippen LogP contribution is 2.29. The van der Waals surface area contributed by atoms with Crippen LogP contribution in [-0.4, -0.2) is 61.7 Å². The van der Waals surface area contributed by atoms with Crippen LogP contribution >= 0.6 is 0 Å². The number of likely N-dealkylation sites (N-methyl/N-ethyl adjacent to an activating group) is 1. The minimum atomic E-state index is 0.684. The fourth-order valence-electron chi connectivity index (χ4n) is 3.46. The number of nitrogens with zero attached hydrogens (tertiary/aromatic N) is 2. The van der Waals surface area contributed by atoms with Gasteiger partial charge in [-0.1, -0.05) is 13.8 Å². The maximum absolute atomic E-state index is 3.83. The molecule has 1 aliphatic heterocycles. The summed E-state index contributed by atoms with van der Waals surface area (Å²) in [4.78, 5) is 5.07. The van der Waals surface area contributed by atoms with Crippen molar-refractivity contribution in [2.45, 2.75) is 52.1 Å². The topological polar surface area (TPSA) is 18.5 Å².